The van der Waals surface area contributed by atoms with Gasteiger partial charge in [-0.15, -0.1) is 0 Å². The molecular weight excluding hydrogens is 262 g/mol. The minimum Gasteiger partial charge on any atom is -0.333 e. The number of hydrogen-bond donors (Lipinski definition) is 1. The Labute approximate surface area is 164 Å². The second-order valence-electron chi connectivity index (χ2n) is 3.23. The normalized spacial score (nSPS) is 7.94. The van der Waals surface area contributed by atoms with E-state index in [1.165, 1.54) is 23.7 Å². The van der Waals surface area contributed by atoms with Crippen molar-refractivity contribution < 1.29 is 75.5 Å². The molecule has 0 aliphatic carbocycles. The first kappa shape index (κ1) is 20.2. The quantitative estimate of drug-likeness (QED) is 0.852. The van der Waals surface area contributed by atoms with E-state index in [9.17, 15) is 0 Å². The molecule has 0 aliphatic heterocycles. The Bertz CT molecular complexity index is 385. The van der Waals surface area contributed by atoms with E-state index in [2.05, 4.69) is 61.2 Å². The van der Waals surface area contributed by atoms with Gasteiger partial charge in [-0.25, -0.2) is 0 Å². The molecule has 0 saturated heterocycles. The van der Waals surface area contributed by atoms with Crippen LogP contribution < -0.4 is 5.73 Å². The van der Waals surface area contributed by atoms with E-state index in [1.807, 2.05) is 6.07 Å². The fourth-order valence-corrected chi connectivity index (χ4v) is 1.38. The van der Waals surface area contributed by atoms with Crippen LogP contribution in [-0.2, 0) is 0 Å². The average Bonchev–Trinajstić information content (AvgIpc) is 2.34. The summed E-state index contributed by atoms with van der Waals surface area (Å²) >= 11 is 0. The summed E-state index contributed by atoms with van der Waals surface area (Å²) in [7, 11) is 1.50. The van der Waals surface area contributed by atoms with Gasteiger partial charge in [-0.1, -0.05) is 60.2 Å². The molecule has 0 aromatic heterocycles. The van der Waals surface area contributed by atoms with Crippen LogP contribution in [0.3, 0.4) is 0 Å². The van der Waals surface area contributed by atoms with Gasteiger partial charge in [0.05, 0.1) is 0 Å². The summed E-state index contributed by atoms with van der Waals surface area (Å²) in [6.45, 7) is 2.11. The van der Waals surface area contributed by atoms with Crippen LogP contribution in [0.4, 0.5) is 0 Å². The molecule has 0 spiro atoms. The number of aryl methyl sites for hydroxylation is 1. The van der Waals surface area contributed by atoms with Gasteiger partial charge in [0.1, 0.15) is 0 Å². The molecule has 2 rings (SSSR count). The van der Waals surface area contributed by atoms with Crippen LogP contribution in [0.1, 0.15) is 5.56 Å². The molecule has 0 heterocycles. The molecule has 3 heteroatoms. The summed E-state index contributed by atoms with van der Waals surface area (Å²) in [5.41, 5.74) is 8.37. The van der Waals surface area contributed by atoms with E-state index in [0.29, 0.717) is 0 Å². The zero-order valence-corrected chi connectivity index (χ0v) is 11.4. The Morgan fingerprint density at radius 1 is 0.647 bits per heavy atom. The minimum absolute atomic E-state index is 0. The largest absolute Gasteiger partial charge is 0.333 e. The predicted octanol–water partition coefficient (Wildman–Crippen LogP) is 3.24. The maximum absolute atomic E-state index is 4.50. The van der Waals surface area contributed by atoms with Gasteiger partial charge >= 0.3 is 0 Å². The van der Waals surface area contributed by atoms with E-state index in [4.69, 9.17) is 0 Å². The molecular formula is C14H17Ar2N. The van der Waals surface area contributed by atoms with Crippen molar-refractivity contribution in [3.05, 3.63) is 60.2 Å². The third-order valence-electron chi connectivity index (χ3n) is 2.16. The van der Waals surface area contributed by atoms with Crippen LogP contribution in [0, 0.1) is 82.4 Å². The third kappa shape index (κ3) is 7.17. The van der Waals surface area contributed by atoms with E-state index >= 15 is 0 Å². The molecule has 1 nitrogen and oxygen atoms in total. The first-order chi connectivity index (χ1) is 7.36. The molecule has 0 amide bonds. The van der Waals surface area contributed by atoms with Gasteiger partial charge in [0.2, 0.25) is 0 Å². The van der Waals surface area contributed by atoms with Gasteiger partial charge in [0, 0.05) is 75.5 Å². The van der Waals surface area contributed by atoms with Crippen LogP contribution >= 0.6 is 0 Å². The maximum Gasteiger partial charge on any atom is 0 e. The number of benzene rings is 2. The summed E-state index contributed by atoms with van der Waals surface area (Å²) in [4.78, 5) is 0. The van der Waals surface area contributed by atoms with Crippen molar-refractivity contribution >= 4 is 0 Å². The fraction of sp³-hybridized carbons (Fsp3) is 0.143. The maximum atomic E-state index is 4.50. The average molecular weight is 279 g/mol. The molecule has 2 N–H and O–H groups in total. The Kier molecular flexibility index (Phi) is 14.3. The molecule has 2 aromatic rings. The molecule has 17 heavy (non-hydrogen) atoms. The zero-order valence-electron chi connectivity index (χ0n) is 9.98. The summed E-state index contributed by atoms with van der Waals surface area (Å²) in [5.74, 6) is 0. The van der Waals surface area contributed by atoms with E-state index in [-0.39, 0.29) is 75.5 Å². The summed E-state index contributed by atoms with van der Waals surface area (Å²) in [5, 5.41) is 0. The first-order valence-corrected chi connectivity index (χ1v) is 5.06. The summed E-state index contributed by atoms with van der Waals surface area (Å²) < 4.78 is 0. The number of rotatable bonds is 1. The second kappa shape index (κ2) is 12.0. The van der Waals surface area contributed by atoms with E-state index in [1.54, 1.807) is 0 Å². The molecule has 0 bridgehead atoms. The van der Waals surface area contributed by atoms with Crippen molar-refractivity contribution in [1.29, 1.82) is 0 Å². The standard InChI is InChI=1S/C13H12.CH5N.2Ar/c1-11-7-9-13(10-8-11)12-5-3-2-4-6-12;1-2;;/h2-10H,1H3;2H2,1H3;;. The van der Waals surface area contributed by atoms with Gasteiger partial charge < -0.3 is 5.73 Å². The van der Waals surface area contributed by atoms with Gasteiger partial charge in [-0.05, 0) is 25.1 Å². The van der Waals surface area contributed by atoms with E-state index in [0.717, 1.165) is 0 Å². The predicted molar refractivity (Wildman–Crippen MR) is 66.7 cm³/mol. The second-order valence-corrected chi connectivity index (χ2v) is 3.23. The molecule has 0 radical (unpaired) electrons. The van der Waals surface area contributed by atoms with Crippen LogP contribution in [-0.4, -0.2) is 7.05 Å². The number of nitrogens with two attached hydrogens (primary N) is 1. The van der Waals surface area contributed by atoms with E-state index < -0.39 is 0 Å². The number of hydrogen-bond acceptors (Lipinski definition) is 1. The fourth-order valence-electron chi connectivity index (χ4n) is 1.38. The minimum atomic E-state index is 0. The smallest absolute Gasteiger partial charge is 0 e. The summed E-state index contributed by atoms with van der Waals surface area (Å²) in [6, 6.07) is 19.0. The molecule has 0 atom stereocenters. The van der Waals surface area contributed by atoms with Crippen molar-refractivity contribution in [2.24, 2.45) is 5.73 Å². The molecule has 0 unspecified atom stereocenters. The molecule has 0 saturated carbocycles. The van der Waals surface area contributed by atoms with Crippen molar-refractivity contribution in [3.63, 3.8) is 0 Å². The van der Waals surface area contributed by atoms with Crippen molar-refractivity contribution in [1.82, 2.24) is 0 Å². The molecule has 2 aromatic carbocycles. The van der Waals surface area contributed by atoms with Crippen LogP contribution in [0.2, 0.25) is 0 Å². The third-order valence-corrected chi connectivity index (χ3v) is 2.16. The first-order valence-electron chi connectivity index (χ1n) is 5.06. The summed E-state index contributed by atoms with van der Waals surface area (Å²) in [6.07, 6.45) is 0. The zero-order chi connectivity index (χ0) is 11.1. The van der Waals surface area contributed by atoms with Gasteiger partial charge in [0.15, 0.2) is 0 Å². The molecule has 0 fully saturated rings. The van der Waals surface area contributed by atoms with Crippen molar-refractivity contribution in [3.8, 4) is 11.1 Å². The Hall–Kier alpha value is 0.919. The topological polar surface area (TPSA) is 26.0 Å². The Morgan fingerprint density at radius 2 is 1.06 bits per heavy atom. The van der Waals surface area contributed by atoms with Crippen molar-refractivity contribution in [2.75, 3.05) is 7.05 Å². The SMILES string of the molecule is CN.Cc1ccc(-c2ccccc2)cc1.[Ar].[Ar]. The van der Waals surface area contributed by atoms with Crippen LogP contribution in [0.5, 0.6) is 0 Å². The Morgan fingerprint density at radius 3 is 1.53 bits per heavy atom. The monoisotopic (exact) mass is 279 g/mol. The Balaban J connectivity index is 0. The van der Waals surface area contributed by atoms with Gasteiger partial charge in [-0.3, -0.25) is 0 Å². The molecule has 0 aliphatic rings. The molecule has 94 valence electrons. The van der Waals surface area contributed by atoms with Crippen LogP contribution in [0.25, 0.3) is 11.1 Å². The van der Waals surface area contributed by atoms with Crippen molar-refractivity contribution in [2.45, 2.75) is 6.92 Å². The van der Waals surface area contributed by atoms with Crippen LogP contribution in [0.15, 0.2) is 54.6 Å². The van der Waals surface area contributed by atoms with Gasteiger partial charge in [-0.2, -0.15) is 0 Å². The van der Waals surface area contributed by atoms with Gasteiger partial charge in [0.25, 0.3) is 0 Å².